The van der Waals surface area contributed by atoms with E-state index in [4.69, 9.17) is 20.9 Å². The normalized spacial score (nSPS) is 11.0. The van der Waals surface area contributed by atoms with Gasteiger partial charge in [0.15, 0.2) is 10.6 Å². The Kier molecular flexibility index (Phi) is 3.71. The summed E-state index contributed by atoms with van der Waals surface area (Å²) in [4.78, 5) is 0.920. The van der Waals surface area contributed by atoms with Crippen molar-refractivity contribution in [1.29, 1.82) is 0 Å². The molecule has 0 saturated heterocycles. The van der Waals surface area contributed by atoms with Crippen LogP contribution in [-0.2, 0) is 0 Å². The van der Waals surface area contributed by atoms with Gasteiger partial charge >= 0.3 is 0 Å². The summed E-state index contributed by atoms with van der Waals surface area (Å²) in [6.07, 6.45) is 0.836. The molecule has 5 heteroatoms. The Morgan fingerprint density at radius 3 is 3.16 bits per heavy atom. The number of nitrogens with zero attached hydrogens (tertiary/aromatic N) is 1. The van der Waals surface area contributed by atoms with Crippen molar-refractivity contribution in [3.8, 4) is 17.1 Å². The average Bonchev–Trinajstić information content (AvgIpc) is 3.01. The molecule has 0 unspecified atom stereocenters. The zero-order valence-corrected chi connectivity index (χ0v) is 11.7. The zero-order valence-electron chi connectivity index (χ0n) is 10.1. The maximum absolute atomic E-state index is 5.63. The van der Waals surface area contributed by atoms with Crippen molar-refractivity contribution in [2.45, 2.75) is 6.42 Å². The Balaban J connectivity index is 1.89. The lowest BCUT2D eigenvalue weighted by Crippen LogP contribution is -1.97. The second-order valence-corrected chi connectivity index (χ2v) is 5.34. The Bertz CT molecular complexity index is 677. The van der Waals surface area contributed by atoms with Crippen molar-refractivity contribution >= 4 is 33.2 Å². The van der Waals surface area contributed by atoms with Gasteiger partial charge in [-0.05, 0) is 30.0 Å². The lowest BCUT2D eigenvalue weighted by atomic mass is 10.1. The zero-order chi connectivity index (χ0) is 13.1. The third-order valence-electron chi connectivity index (χ3n) is 2.75. The molecule has 0 bridgehead atoms. The van der Waals surface area contributed by atoms with E-state index in [-0.39, 0.29) is 0 Å². The van der Waals surface area contributed by atoms with Gasteiger partial charge in [0, 0.05) is 11.4 Å². The van der Waals surface area contributed by atoms with Crippen LogP contribution < -0.4 is 4.74 Å². The highest BCUT2D eigenvalue weighted by Crippen LogP contribution is 2.33. The summed E-state index contributed by atoms with van der Waals surface area (Å²) in [5.74, 6) is 2.22. The third kappa shape index (κ3) is 2.60. The number of halogens is 1. The molecule has 3 nitrogen and oxygen atoms in total. The van der Waals surface area contributed by atoms with Crippen molar-refractivity contribution in [1.82, 2.24) is 5.16 Å². The molecule has 2 heterocycles. The maximum Gasteiger partial charge on any atom is 0.175 e. The first-order chi connectivity index (χ1) is 9.38. The molecule has 1 aromatic carbocycles. The standard InChI is InChI=1S/C14H12ClNO2S/c15-6-2-7-17-11-4-1-3-10(9-11)13-12-5-8-19-14(12)16-18-13/h1,3-5,8-9H,2,6-7H2. The molecule has 3 aromatic rings. The number of rotatable bonds is 5. The van der Waals surface area contributed by atoms with E-state index in [1.165, 1.54) is 0 Å². The quantitative estimate of drug-likeness (QED) is 0.511. The monoisotopic (exact) mass is 293 g/mol. The first-order valence-corrected chi connectivity index (χ1v) is 7.42. The van der Waals surface area contributed by atoms with Crippen LogP contribution in [0.1, 0.15) is 6.42 Å². The molecule has 0 N–H and O–H groups in total. The molecule has 0 saturated carbocycles. The number of hydrogen-bond acceptors (Lipinski definition) is 4. The van der Waals surface area contributed by atoms with Crippen LogP contribution in [0.2, 0.25) is 0 Å². The van der Waals surface area contributed by atoms with Crippen molar-refractivity contribution in [3.63, 3.8) is 0 Å². The fourth-order valence-electron chi connectivity index (χ4n) is 1.86. The number of aromatic nitrogens is 1. The Morgan fingerprint density at radius 2 is 2.26 bits per heavy atom. The molecule has 0 spiro atoms. The summed E-state index contributed by atoms with van der Waals surface area (Å²) in [6, 6.07) is 9.86. The van der Waals surface area contributed by atoms with Crippen molar-refractivity contribution in [3.05, 3.63) is 35.7 Å². The maximum atomic E-state index is 5.63. The molecular formula is C14H12ClNO2S. The number of thiophene rings is 1. The highest BCUT2D eigenvalue weighted by molar-refractivity contribution is 7.16. The van der Waals surface area contributed by atoms with Crippen molar-refractivity contribution in [2.24, 2.45) is 0 Å². The summed E-state index contributed by atoms with van der Waals surface area (Å²) in [5.41, 5.74) is 0.976. The van der Waals surface area contributed by atoms with Gasteiger partial charge in [0.2, 0.25) is 0 Å². The van der Waals surface area contributed by atoms with E-state index in [1.54, 1.807) is 11.3 Å². The molecule has 0 aliphatic rings. The van der Waals surface area contributed by atoms with Crippen molar-refractivity contribution in [2.75, 3.05) is 12.5 Å². The van der Waals surface area contributed by atoms with Gasteiger partial charge in [-0.25, -0.2) is 0 Å². The van der Waals surface area contributed by atoms with Gasteiger partial charge in [0.25, 0.3) is 0 Å². The van der Waals surface area contributed by atoms with Gasteiger partial charge in [0.1, 0.15) is 5.75 Å². The van der Waals surface area contributed by atoms with E-state index in [9.17, 15) is 0 Å². The Morgan fingerprint density at radius 1 is 1.32 bits per heavy atom. The predicted octanol–water partition coefficient (Wildman–Crippen LogP) is 4.56. The van der Waals surface area contributed by atoms with Gasteiger partial charge in [-0.15, -0.1) is 22.9 Å². The van der Waals surface area contributed by atoms with Crippen LogP contribution in [-0.4, -0.2) is 17.6 Å². The largest absolute Gasteiger partial charge is 0.494 e. The first-order valence-electron chi connectivity index (χ1n) is 6.00. The molecule has 0 aliphatic heterocycles. The van der Waals surface area contributed by atoms with Crippen LogP contribution in [0, 0.1) is 0 Å². The smallest absolute Gasteiger partial charge is 0.175 e. The lowest BCUT2D eigenvalue weighted by molar-refractivity contribution is 0.318. The molecular weight excluding hydrogens is 282 g/mol. The molecule has 0 atom stereocenters. The minimum absolute atomic E-state index is 0.608. The Labute approximate surface area is 119 Å². The van der Waals surface area contributed by atoms with E-state index in [0.29, 0.717) is 12.5 Å². The number of benzene rings is 1. The molecule has 19 heavy (non-hydrogen) atoms. The number of hydrogen-bond donors (Lipinski definition) is 0. The number of alkyl halides is 1. The summed E-state index contributed by atoms with van der Waals surface area (Å²) < 4.78 is 11.0. The molecule has 3 rings (SSSR count). The molecule has 0 amide bonds. The van der Waals surface area contributed by atoms with Gasteiger partial charge < -0.3 is 9.26 Å². The van der Waals surface area contributed by atoms with Crippen molar-refractivity contribution < 1.29 is 9.26 Å². The second kappa shape index (κ2) is 5.63. The van der Waals surface area contributed by atoms with Crippen LogP contribution in [0.4, 0.5) is 0 Å². The van der Waals surface area contributed by atoms with E-state index in [2.05, 4.69) is 5.16 Å². The van der Waals surface area contributed by atoms with Gasteiger partial charge in [0.05, 0.1) is 12.0 Å². The van der Waals surface area contributed by atoms with Crippen LogP contribution in [0.3, 0.4) is 0 Å². The molecule has 2 aromatic heterocycles. The first kappa shape index (κ1) is 12.5. The van der Waals surface area contributed by atoms with Crippen LogP contribution in [0.5, 0.6) is 5.75 Å². The Hall–Kier alpha value is -1.52. The summed E-state index contributed by atoms with van der Waals surface area (Å²) in [5, 5.41) is 7.10. The minimum atomic E-state index is 0.608. The summed E-state index contributed by atoms with van der Waals surface area (Å²) in [7, 11) is 0. The number of fused-ring (bicyclic) bond motifs is 1. The van der Waals surface area contributed by atoms with Crippen LogP contribution in [0.25, 0.3) is 21.5 Å². The molecule has 0 fully saturated rings. The summed E-state index contributed by atoms with van der Waals surface area (Å²) in [6.45, 7) is 0.622. The van der Waals surface area contributed by atoms with Gasteiger partial charge in [-0.2, -0.15) is 0 Å². The molecule has 0 aliphatic carbocycles. The van der Waals surface area contributed by atoms with E-state index in [0.717, 1.165) is 33.7 Å². The van der Waals surface area contributed by atoms with E-state index < -0.39 is 0 Å². The van der Waals surface area contributed by atoms with Crippen LogP contribution in [0.15, 0.2) is 40.2 Å². The fourth-order valence-corrected chi connectivity index (χ4v) is 2.67. The van der Waals surface area contributed by atoms with Gasteiger partial charge in [-0.3, -0.25) is 0 Å². The average molecular weight is 294 g/mol. The number of ether oxygens (including phenoxy) is 1. The lowest BCUT2D eigenvalue weighted by Gasteiger charge is -2.05. The predicted molar refractivity (Wildman–Crippen MR) is 78.2 cm³/mol. The minimum Gasteiger partial charge on any atom is -0.494 e. The third-order valence-corrected chi connectivity index (χ3v) is 3.81. The highest BCUT2D eigenvalue weighted by atomic mass is 35.5. The van der Waals surface area contributed by atoms with E-state index in [1.807, 2.05) is 35.7 Å². The second-order valence-electron chi connectivity index (χ2n) is 4.07. The van der Waals surface area contributed by atoms with Crippen LogP contribution >= 0.6 is 22.9 Å². The summed E-state index contributed by atoms with van der Waals surface area (Å²) >= 11 is 7.20. The molecule has 0 radical (unpaired) electrons. The highest BCUT2D eigenvalue weighted by Gasteiger charge is 2.12. The fraction of sp³-hybridized carbons (Fsp3) is 0.214. The topological polar surface area (TPSA) is 35.3 Å². The molecule has 98 valence electrons. The van der Waals surface area contributed by atoms with E-state index >= 15 is 0 Å². The van der Waals surface area contributed by atoms with Gasteiger partial charge in [-0.1, -0.05) is 17.3 Å². The SMILES string of the molecule is ClCCCOc1cccc(-c2onc3sccc23)c1.